The van der Waals surface area contributed by atoms with Gasteiger partial charge in [-0.3, -0.25) is 4.79 Å². The zero-order valence-electron chi connectivity index (χ0n) is 11.7. The number of anilines is 1. The molecule has 0 saturated carbocycles. The number of rotatable bonds is 6. The molecule has 0 spiro atoms. The predicted octanol–water partition coefficient (Wildman–Crippen LogP) is 4.80. The minimum absolute atomic E-state index is 0.0514. The molecule has 1 aromatic rings. The van der Waals surface area contributed by atoms with Crippen LogP contribution in [0.15, 0.2) is 18.2 Å². The summed E-state index contributed by atoms with van der Waals surface area (Å²) in [4.78, 5) is 14.0. The molecule has 0 heterocycles. The van der Waals surface area contributed by atoms with Gasteiger partial charge in [0.25, 0.3) is 0 Å². The van der Waals surface area contributed by atoms with Crippen molar-refractivity contribution in [2.75, 3.05) is 4.90 Å². The molecule has 1 atom stereocenters. The zero-order valence-corrected chi connectivity index (χ0v) is 12.5. The quantitative estimate of drug-likeness (QED) is 0.735. The van der Waals surface area contributed by atoms with Gasteiger partial charge in [0, 0.05) is 18.2 Å². The first kappa shape index (κ1) is 16.0. The van der Waals surface area contributed by atoms with Gasteiger partial charge in [-0.2, -0.15) is 0 Å². The Labute approximate surface area is 119 Å². The van der Waals surface area contributed by atoms with Gasteiger partial charge in [0.15, 0.2) is 0 Å². The fourth-order valence-corrected chi connectivity index (χ4v) is 2.34. The number of nitrogens with zero attached hydrogens (tertiary/aromatic N) is 1. The Kier molecular flexibility index (Phi) is 6.29. The van der Waals surface area contributed by atoms with Crippen LogP contribution in [-0.4, -0.2) is 11.9 Å². The van der Waals surface area contributed by atoms with Crippen LogP contribution in [0.5, 0.6) is 0 Å². The normalized spacial score (nSPS) is 12.3. The highest BCUT2D eigenvalue weighted by Crippen LogP contribution is 2.26. The second-order valence-electron chi connectivity index (χ2n) is 4.75. The summed E-state index contributed by atoms with van der Waals surface area (Å²) >= 11 is 5.81. The summed E-state index contributed by atoms with van der Waals surface area (Å²) in [5.41, 5.74) is 0.672. The van der Waals surface area contributed by atoms with Crippen LogP contribution >= 0.6 is 11.6 Å². The molecule has 0 saturated heterocycles. The van der Waals surface area contributed by atoms with Crippen molar-refractivity contribution in [1.82, 2.24) is 0 Å². The van der Waals surface area contributed by atoms with Crippen molar-refractivity contribution >= 4 is 23.2 Å². The summed E-state index contributed by atoms with van der Waals surface area (Å²) in [5, 5.41) is 0.0514. The lowest BCUT2D eigenvalue weighted by Crippen LogP contribution is -2.38. The standard InChI is InChI=1S/C15H21ClFNO/c1-4-6-11(3)18(15(19)7-5-2)12-8-9-14(17)13(16)10-12/h8-11H,4-7H2,1-3H3. The zero-order chi connectivity index (χ0) is 14.4. The maximum Gasteiger partial charge on any atom is 0.227 e. The summed E-state index contributed by atoms with van der Waals surface area (Å²) < 4.78 is 13.2. The van der Waals surface area contributed by atoms with Crippen molar-refractivity contribution in [3.8, 4) is 0 Å². The molecule has 2 nitrogen and oxygen atoms in total. The second-order valence-corrected chi connectivity index (χ2v) is 5.16. The smallest absolute Gasteiger partial charge is 0.227 e. The molecule has 0 aliphatic carbocycles. The van der Waals surface area contributed by atoms with Gasteiger partial charge < -0.3 is 4.90 Å². The molecule has 0 aliphatic rings. The Bertz CT molecular complexity index is 436. The molecule has 106 valence electrons. The van der Waals surface area contributed by atoms with Gasteiger partial charge in [0.1, 0.15) is 5.82 Å². The molecule has 1 rings (SSSR count). The van der Waals surface area contributed by atoms with Crippen LogP contribution < -0.4 is 4.90 Å². The van der Waals surface area contributed by atoms with Crippen LogP contribution in [0.1, 0.15) is 46.5 Å². The van der Waals surface area contributed by atoms with Crippen molar-refractivity contribution in [3.63, 3.8) is 0 Å². The van der Waals surface area contributed by atoms with E-state index in [2.05, 4.69) is 6.92 Å². The van der Waals surface area contributed by atoms with Gasteiger partial charge in [-0.05, 0) is 38.0 Å². The average Bonchev–Trinajstić information content (AvgIpc) is 2.34. The van der Waals surface area contributed by atoms with E-state index < -0.39 is 5.82 Å². The lowest BCUT2D eigenvalue weighted by atomic mass is 10.1. The highest BCUT2D eigenvalue weighted by Gasteiger charge is 2.21. The van der Waals surface area contributed by atoms with Crippen molar-refractivity contribution in [3.05, 3.63) is 29.0 Å². The van der Waals surface area contributed by atoms with E-state index in [1.165, 1.54) is 12.1 Å². The SMILES string of the molecule is CCCC(=O)N(c1ccc(F)c(Cl)c1)C(C)CCC. The minimum Gasteiger partial charge on any atom is -0.310 e. The Morgan fingerprint density at radius 3 is 2.58 bits per heavy atom. The molecule has 0 radical (unpaired) electrons. The molecule has 1 unspecified atom stereocenters. The Morgan fingerprint density at radius 2 is 2.05 bits per heavy atom. The fourth-order valence-electron chi connectivity index (χ4n) is 2.16. The van der Waals surface area contributed by atoms with Crippen molar-refractivity contribution in [1.29, 1.82) is 0 Å². The lowest BCUT2D eigenvalue weighted by molar-refractivity contribution is -0.119. The van der Waals surface area contributed by atoms with E-state index in [1.807, 2.05) is 13.8 Å². The average molecular weight is 286 g/mol. The van der Waals surface area contributed by atoms with E-state index >= 15 is 0 Å². The number of carbonyl (C=O) groups is 1. The number of hydrogen-bond acceptors (Lipinski definition) is 1. The highest BCUT2D eigenvalue weighted by atomic mass is 35.5. The largest absolute Gasteiger partial charge is 0.310 e. The summed E-state index contributed by atoms with van der Waals surface area (Å²) in [6.45, 7) is 6.06. The Morgan fingerprint density at radius 1 is 1.37 bits per heavy atom. The molecule has 0 aromatic heterocycles. The molecular weight excluding hydrogens is 265 g/mol. The third-order valence-electron chi connectivity index (χ3n) is 3.06. The molecule has 0 fully saturated rings. The van der Waals surface area contributed by atoms with E-state index in [0.717, 1.165) is 19.3 Å². The molecule has 19 heavy (non-hydrogen) atoms. The fraction of sp³-hybridized carbons (Fsp3) is 0.533. The number of halogens is 2. The van der Waals surface area contributed by atoms with Crippen molar-refractivity contribution < 1.29 is 9.18 Å². The van der Waals surface area contributed by atoms with Crippen LogP contribution in [0.4, 0.5) is 10.1 Å². The summed E-state index contributed by atoms with van der Waals surface area (Å²) in [7, 11) is 0. The predicted molar refractivity (Wildman–Crippen MR) is 78.2 cm³/mol. The number of carbonyl (C=O) groups excluding carboxylic acids is 1. The monoisotopic (exact) mass is 285 g/mol. The third kappa shape index (κ3) is 4.20. The molecular formula is C15H21ClFNO. The topological polar surface area (TPSA) is 20.3 Å². The Balaban J connectivity index is 3.07. The van der Waals surface area contributed by atoms with Gasteiger partial charge in [-0.25, -0.2) is 4.39 Å². The van der Waals surface area contributed by atoms with Gasteiger partial charge in [-0.1, -0.05) is 31.9 Å². The highest BCUT2D eigenvalue weighted by molar-refractivity contribution is 6.31. The number of hydrogen-bond donors (Lipinski definition) is 0. The molecule has 1 amide bonds. The number of amides is 1. The summed E-state index contributed by atoms with van der Waals surface area (Å²) in [6.07, 6.45) is 3.18. The van der Waals surface area contributed by atoms with Crippen LogP contribution in [0, 0.1) is 5.82 Å². The third-order valence-corrected chi connectivity index (χ3v) is 3.35. The lowest BCUT2D eigenvalue weighted by Gasteiger charge is -2.29. The molecule has 1 aromatic carbocycles. The minimum atomic E-state index is -0.462. The molecule has 0 aliphatic heterocycles. The van der Waals surface area contributed by atoms with E-state index in [1.54, 1.807) is 11.0 Å². The number of benzene rings is 1. The van der Waals surface area contributed by atoms with E-state index in [-0.39, 0.29) is 17.0 Å². The van der Waals surface area contributed by atoms with E-state index in [0.29, 0.717) is 12.1 Å². The molecule has 4 heteroatoms. The maximum atomic E-state index is 13.2. The van der Waals surface area contributed by atoms with E-state index in [9.17, 15) is 9.18 Å². The van der Waals surface area contributed by atoms with Gasteiger partial charge in [0.05, 0.1) is 5.02 Å². The summed E-state index contributed by atoms with van der Waals surface area (Å²) in [6, 6.07) is 4.53. The van der Waals surface area contributed by atoms with E-state index in [4.69, 9.17) is 11.6 Å². The second kappa shape index (κ2) is 7.49. The van der Waals surface area contributed by atoms with Gasteiger partial charge >= 0.3 is 0 Å². The van der Waals surface area contributed by atoms with Crippen LogP contribution in [0.3, 0.4) is 0 Å². The van der Waals surface area contributed by atoms with Gasteiger partial charge in [0.2, 0.25) is 5.91 Å². The molecule has 0 bridgehead atoms. The Hall–Kier alpha value is -1.09. The van der Waals surface area contributed by atoms with Crippen molar-refractivity contribution in [2.24, 2.45) is 0 Å². The van der Waals surface area contributed by atoms with Crippen molar-refractivity contribution in [2.45, 2.75) is 52.5 Å². The summed E-state index contributed by atoms with van der Waals surface area (Å²) in [5.74, 6) is -0.400. The van der Waals surface area contributed by atoms with Crippen LogP contribution in [0.2, 0.25) is 5.02 Å². The van der Waals surface area contributed by atoms with Crippen LogP contribution in [-0.2, 0) is 4.79 Å². The van der Waals surface area contributed by atoms with Gasteiger partial charge in [-0.15, -0.1) is 0 Å². The molecule has 0 N–H and O–H groups in total. The first-order valence-electron chi connectivity index (χ1n) is 6.78. The first-order chi connectivity index (χ1) is 9.01. The first-order valence-corrected chi connectivity index (χ1v) is 7.16. The maximum absolute atomic E-state index is 13.2. The van der Waals surface area contributed by atoms with Crippen LogP contribution in [0.25, 0.3) is 0 Å².